The average molecular weight is 415 g/mol. The first-order chi connectivity index (χ1) is 13.5. The van der Waals surface area contributed by atoms with Gasteiger partial charge in [-0.1, -0.05) is 38.8 Å². The zero-order chi connectivity index (χ0) is 20.8. The predicted molar refractivity (Wildman–Crippen MR) is 122 cm³/mol. The molecular weight excluding hydrogens is 372 g/mol. The quantitative estimate of drug-likeness (QED) is 0.358. The molecule has 0 bridgehead atoms. The lowest BCUT2D eigenvalue weighted by Gasteiger charge is -2.55. The van der Waals surface area contributed by atoms with Crippen LogP contribution >= 0.6 is 0 Å². The number of allylic oxidation sites excluding steroid dienone is 3. The van der Waals surface area contributed by atoms with Crippen molar-refractivity contribution in [2.24, 2.45) is 29.1 Å². The summed E-state index contributed by atoms with van der Waals surface area (Å²) in [5.41, 5.74) is 4.17. The fourth-order valence-corrected chi connectivity index (χ4v) is 9.46. The van der Waals surface area contributed by atoms with Gasteiger partial charge >= 0.3 is 0 Å². The highest BCUT2D eigenvalue weighted by Crippen LogP contribution is 2.76. The number of hydrogen-bond donors (Lipinski definition) is 0. The maximum Gasteiger partial charge on any atom is 0.192 e. The third-order valence-electron chi connectivity index (χ3n) is 10.5. The Morgan fingerprint density at radius 3 is 2.62 bits per heavy atom. The molecule has 2 nitrogen and oxygen atoms in total. The largest absolute Gasteiger partial charge is 0.501 e. The third kappa shape index (κ3) is 2.75. The highest BCUT2D eigenvalue weighted by molar-refractivity contribution is 6.74. The van der Waals surface area contributed by atoms with Crippen LogP contribution in [0.15, 0.2) is 23.0 Å². The summed E-state index contributed by atoms with van der Waals surface area (Å²) in [6, 6.07) is 0. The lowest BCUT2D eigenvalue weighted by molar-refractivity contribution is -0.0581. The Balaban J connectivity index is 1.40. The molecule has 0 spiro atoms. The van der Waals surface area contributed by atoms with Gasteiger partial charge in [-0.15, -0.1) is 0 Å². The number of hydrogen-bond acceptors (Lipinski definition) is 2. The monoisotopic (exact) mass is 414 g/mol. The Labute approximate surface area is 179 Å². The molecule has 162 valence electrons. The molecule has 3 heteroatoms. The first-order valence-electron chi connectivity index (χ1n) is 12.2. The van der Waals surface area contributed by atoms with Crippen LogP contribution in [0.3, 0.4) is 0 Å². The van der Waals surface area contributed by atoms with Gasteiger partial charge in [0.1, 0.15) is 0 Å². The summed E-state index contributed by atoms with van der Waals surface area (Å²) in [7, 11) is 0.0966. The molecule has 5 aliphatic rings. The van der Waals surface area contributed by atoms with Gasteiger partial charge in [0.15, 0.2) is 8.32 Å². The molecule has 0 aromatic heterocycles. The van der Waals surface area contributed by atoms with Crippen LogP contribution < -0.4 is 0 Å². The molecule has 0 saturated heterocycles. The minimum absolute atomic E-state index is 0.218. The maximum absolute atomic E-state index is 7.31. The second-order valence-electron chi connectivity index (χ2n) is 12.6. The molecule has 0 aromatic rings. The SMILES string of the molecule is COC1=CCC2=C(CC[C@@H]3[C@@H]2CC[C@@]2(C)[C@H]3C[C@H]3C[C@]32O[Si](C)(C)C(C)(C)C)C1. The van der Waals surface area contributed by atoms with E-state index >= 15 is 0 Å². The molecule has 3 saturated carbocycles. The van der Waals surface area contributed by atoms with Gasteiger partial charge < -0.3 is 9.16 Å². The smallest absolute Gasteiger partial charge is 0.192 e. The van der Waals surface area contributed by atoms with E-state index in [1.165, 1.54) is 44.3 Å². The lowest BCUT2D eigenvalue weighted by atomic mass is 9.53. The molecule has 5 rings (SSSR count). The van der Waals surface area contributed by atoms with E-state index in [9.17, 15) is 0 Å². The molecule has 0 unspecified atom stereocenters. The Hall–Kier alpha value is -0.543. The van der Waals surface area contributed by atoms with Crippen molar-refractivity contribution in [3.8, 4) is 0 Å². The molecule has 5 aliphatic carbocycles. The van der Waals surface area contributed by atoms with Crippen LogP contribution in [-0.4, -0.2) is 21.0 Å². The van der Waals surface area contributed by atoms with Crippen molar-refractivity contribution in [1.82, 2.24) is 0 Å². The fraction of sp³-hybridized carbons (Fsp3) is 0.846. The van der Waals surface area contributed by atoms with Crippen molar-refractivity contribution in [3.05, 3.63) is 23.0 Å². The highest BCUT2D eigenvalue weighted by Gasteiger charge is 2.76. The van der Waals surface area contributed by atoms with Crippen molar-refractivity contribution in [2.75, 3.05) is 7.11 Å². The van der Waals surface area contributed by atoms with Gasteiger partial charge in [0.05, 0.1) is 18.5 Å². The van der Waals surface area contributed by atoms with Gasteiger partial charge in [0.25, 0.3) is 0 Å². The molecule has 0 radical (unpaired) electrons. The van der Waals surface area contributed by atoms with Gasteiger partial charge in [0, 0.05) is 6.42 Å². The van der Waals surface area contributed by atoms with Crippen LogP contribution in [0.4, 0.5) is 0 Å². The van der Waals surface area contributed by atoms with Crippen molar-refractivity contribution < 1.29 is 9.16 Å². The predicted octanol–water partition coefficient (Wildman–Crippen LogP) is 7.23. The van der Waals surface area contributed by atoms with Crippen molar-refractivity contribution in [1.29, 1.82) is 0 Å². The van der Waals surface area contributed by atoms with Crippen LogP contribution in [0.2, 0.25) is 18.1 Å². The maximum atomic E-state index is 7.31. The van der Waals surface area contributed by atoms with Crippen LogP contribution in [0, 0.1) is 29.1 Å². The van der Waals surface area contributed by atoms with Gasteiger partial charge in [-0.25, -0.2) is 0 Å². The summed E-state index contributed by atoms with van der Waals surface area (Å²) in [4.78, 5) is 0. The lowest BCUT2D eigenvalue weighted by Crippen LogP contribution is -2.54. The Bertz CT molecular complexity index is 772. The van der Waals surface area contributed by atoms with E-state index in [4.69, 9.17) is 9.16 Å². The van der Waals surface area contributed by atoms with E-state index in [0.717, 1.165) is 36.5 Å². The second-order valence-corrected chi connectivity index (χ2v) is 17.4. The molecular formula is C26H42O2Si. The van der Waals surface area contributed by atoms with E-state index in [-0.39, 0.29) is 5.60 Å². The molecule has 0 amide bonds. The summed E-state index contributed by atoms with van der Waals surface area (Å²) in [5, 5.41) is 0.304. The molecule has 6 atom stereocenters. The minimum atomic E-state index is -1.74. The zero-order valence-electron chi connectivity index (χ0n) is 19.9. The van der Waals surface area contributed by atoms with E-state index in [1.807, 2.05) is 12.7 Å². The van der Waals surface area contributed by atoms with Crippen molar-refractivity contribution in [2.45, 2.75) is 103 Å². The average Bonchev–Trinajstić information content (AvgIpc) is 3.29. The Morgan fingerprint density at radius 2 is 1.93 bits per heavy atom. The first-order valence-corrected chi connectivity index (χ1v) is 15.1. The molecule has 0 aromatic carbocycles. The normalized spacial score (nSPS) is 43.8. The van der Waals surface area contributed by atoms with E-state index in [2.05, 4.69) is 46.9 Å². The summed E-state index contributed by atoms with van der Waals surface area (Å²) in [6.45, 7) is 14.8. The number of ether oxygens (including phenoxy) is 1. The Kier molecular flexibility index (Phi) is 4.39. The molecule has 29 heavy (non-hydrogen) atoms. The fourth-order valence-electron chi connectivity index (χ4n) is 7.76. The van der Waals surface area contributed by atoms with Crippen LogP contribution in [-0.2, 0) is 9.16 Å². The first kappa shape index (κ1) is 20.4. The van der Waals surface area contributed by atoms with Crippen LogP contribution in [0.5, 0.6) is 0 Å². The number of methoxy groups -OCH3 is 1. The minimum Gasteiger partial charge on any atom is -0.501 e. The van der Waals surface area contributed by atoms with Gasteiger partial charge in [-0.3, -0.25) is 0 Å². The summed E-state index contributed by atoms with van der Waals surface area (Å²) < 4.78 is 12.9. The van der Waals surface area contributed by atoms with E-state index in [0.29, 0.717) is 10.5 Å². The molecule has 0 heterocycles. The Morgan fingerprint density at radius 1 is 1.17 bits per heavy atom. The molecule has 0 aliphatic heterocycles. The summed E-state index contributed by atoms with van der Waals surface area (Å²) in [5.74, 6) is 4.66. The standard InChI is InChI=1S/C26H42O2Si/c1-24(2,3)29(6,7)28-26-16-18(26)15-23-22-10-8-17-14-19(27-5)9-11-20(17)21(22)12-13-25(23,26)4/h9,18,21-23H,8,10-16H2,1-7H3/t18-,21+,22+,23-,25-,26-/m0/s1. The van der Waals surface area contributed by atoms with Gasteiger partial charge in [-0.2, -0.15) is 0 Å². The highest BCUT2D eigenvalue weighted by atomic mass is 28.4. The van der Waals surface area contributed by atoms with Crippen LogP contribution in [0.1, 0.15) is 79.1 Å². The van der Waals surface area contributed by atoms with Crippen molar-refractivity contribution in [3.63, 3.8) is 0 Å². The second kappa shape index (κ2) is 6.25. The van der Waals surface area contributed by atoms with E-state index < -0.39 is 8.32 Å². The van der Waals surface area contributed by atoms with E-state index in [1.54, 1.807) is 5.57 Å². The van der Waals surface area contributed by atoms with Crippen molar-refractivity contribution >= 4 is 8.32 Å². The molecule has 0 N–H and O–H groups in total. The number of fused-ring (bicyclic) bond motifs is 6. The van der Waals surface area contributed by atoms with Gasteiger partial charge in [0.2, 0.25) is 0 Å². The zero-order valence-corrected chi connectivity index (χ0v) is 20.9. The van der Waals surface area contributed by atoms with Crippen LogP contribution in [0.25, 0.3) is 0 Å². The molecule has 3 fully saturated rings. The van der Waals surface area contributed by atoms with Gasteiger partial charge in [-0.05, 0) is 98.2 Å². The third-order valence-corrected chi connectivity index (χ3v) is 15.0. The number of rotatable bonds is 3. The topological polar surface area (TPSA) is 18.5 Å². The summed E-state index contributed by atoms with van der Waals surface area (Å²) in [6.07, 6.45) is 12.9. The summed E-state index contributed by atoms with van der Waals surface area (Å²) >= 11 is 0.